The Morgan fingerprint density at radius 2 is 1.79 bits per heavy atom. The van der Waals surface area contributed by atoms with Crippen LogP contribution in [-0.2, 0) is 0 Å². The zero-order valence-electron chi connectivity index (χ0n) is 12.9. The van der Waals surface area contributed by atoms with E-state index < -0.39 is 0 Å². The van der Waals surface area contributed by atoms with Gasteiger partial charge in [0.1, 0.15) is 0 Å². The van der Waals surface area contributed by atoms with Gasteiger partial charge in [0.2, 0.25) is 0 Å². The number of benzene rings is 2. The molecular weight excluding hydrogens is 304 g/mol. The highest BCUT2D eigenvalue weighted by atomic mass is 16.2. The lowest BCUT2D eigenvalue weighted by Crippen LogP contribution is -2.28. The van der Waals surface area contributed by atoms with Crippen LogP contribution in [-0.4, -0.2) is 18.5 Å². The molecule has 0 aliphatic carbocycles. The minimum Gasteiger partial charge on any atom is -0.334 e. The Bertz CT molecular complexity index is 809. The van der Waals surface area contributed by atoms with Crippen LogP contribution in [0, 0.1) is 11.3 Å². The van der Waals surface area contributed by atoms with Crippen molar-refractivity contribution >= 4 is 23.3 Å². The smallest absolute Gasteiger partial charge is 0.319 e. The first-order valence-electron chi connectivity index (χ1n) is 7.19. The van der Waals surface area contributed by atoms with Crippen LogP contribution in [0.2, 0.25) is 0 Å². The molecule has 0 aliphatic rings. The van der Waals surface area contributed by atoms with Gasteiger partial charge in [0, 0.05) is 23.5 Å². The van der Waals surface area contributed by atoms with Gasteiger partial charge < -0.3 is 16.0 Å². The molecule has 0 bridgehead atoms. The van der Waals surface area contributed by atoms with E-state index in [-0.39, 0.29) is 11.9 Å². The summed E-state index contributed by atoms with van der Waals surface area (Å²) >= 11 is 0. The summed E-state index contributed by atoms with van der Waals surface area (Å²) in [6.07, 6.45) is 1.57. The first-order chi connectivity index (χ1) is 11.6. The number of nitrogens with one attached hydrogen (secondary N) is 3. The highest BCUT2D eigenvalue weighted by molar-refractivity contribution is 6.05. The summed E-state index contributed by atoms with van der Waals surface area (Å²) < 4.78 is 0. The predicted octanol–water partition coefficient (Wildman–Crippen LogP) is 3.12. The van der Waals surface area contributed by atoms with Gasteiger partial charge in [-0.2, -0.15) is 5.26 Å². The summed E-state index contributed by atoms with van der Waals surface area (Å²) in [6, 6.07) is 14.8. The van der Waals surface area contributed by atoms with Gasteiger partial charge in [-0.1, -0.05) is 18.2 Å². The lowest BCUT2D eigenvalue weighted by Gasteiger charge is -2.09. The lowest BCUT2D eigenvalue weighted by molar-refractivity contribution is 0.102. The van der Waals surface area contributed by atoms with Gasteiger partial charge in [-0.25, -0.2) is 4.79 Å². The van der Waals surface area contributed by atoms with E-state index in [1.54, 1.807) is 54.6 Å². The molecule has 0 saturated heterocycles. The van der Waals surface area contributed by atoms with Crippen LogP contribution in [0.5, 0.6) is 0 Å². The topological polar surface area (TPSA) is 94.0 Å². The summed E-state index contributed by atoms with van der Waals surface area (Å²) in [5.41, 5.74) is 1.87. The number of urea groups is 1. The maximum Gasteiger partial charge on any atom is 0.319 e. The fourth-order valence-electron chi connectivity index (χ4n) is 1.95. The molecule has 0 fully saturated rings. The summed E-state index contributed by atoms with van der Waals surface area (Å²) in [6.45, 7) is 3.86. The van der Waals surface area contributed by atoms with Crippen molar-refractivity contribution in [2.24, 2.45) is 0 Å². The van der Waals surface area contributed by atoms with Crippen LogP contribution in [0.4, 0.5) is 16.2 Å². The lowest BCUT2D eigenvalue weighted by atomic mass is 10.1. The third kappa shape index (κ3) is 4.71. The molecule has 6 heteroatoms. The maximum atomic E-state index is 12.3. The Labute approximate surface area is 139 Å². The minimum atomic E-state index is -0.380. The van der Waals surface area contributed by atoms with Gasteiger partial charge in [0.25, 0.3) is 5.91 Å². The van der Waals surface area contributed by atoms with Crippen LogP contribution in [0.1, 0.15) is 15.9 Å². The van der Waals surface area contributed by atoms with Gasteiger partial charge in [-0.3, -0.25) is 4.79 Å². The van der Waals surface area contributed by atoms with Crippen molar-refractivity contribution in [3.63, 3.8) is 0 Å². The van der Waals surface area contributed by atoms with Crippen LogP contribution < -0.4 is 16.0 Å². The third-order valence-electron chi connectivity index (χ3n) is 3.04. The normalized spacial score (nSPS) is 9.46. The molecule has 3 N–H and O–H groups in total. The number of nitrogens with zero attached hydrogens (tertiary/aromatic N) is 1. The summed E-state index contributed by atoms with van der Waals surface area (Å²) in [7, 11) is 0. The van der Waals surface area contributed by atoms with Gasteiger partial charge in [-0.15, -0.1) is 6.58 Å². The highest BCUT2D eigenvalue weighted by Gasteiger charge is 2.08. The average Bonchev–Trinajstić information content (AvgIpc) is 2.60. The Kier molecular flexibility index (Phi) is 5.70. The summed E-state index contributed by atoms with van der Waals surface area (Å²) in [4.78, 5) is 23.9. The number of amides is 3. The molecular formula is C18H16N4O2. The van der Waals surface area contributed by atoms with Crippen LogP contribution >= 0.6 is 0 Å². The zero-order chi connectivity index (χ0) is 17.4. The van der Waals surface area contributed by atoms with Gasteiger partial charge in [-0.05, 0) is 36.4 Å². The Balaban J connectivity index is 2.07. The standard InChI is InChI=1S/C18H16N4O2/c1-2-9-20-18(24)22-16-8-4-6-14(11-16)17(23)21-15-7-3-5-13(10-15)12-19/h2-8,10-11H,1,9H2,(H,21,23)(H2,20,22,24). The number of carbonyl (C=O) groups excluding carboxylic acids is 2. The van der Waals surface area contributed by atoms with E-state index in [4.69, 9.17) is 5.26 Å². The molecule has 24 heavy (non-hydrogen) atoms. The molecule has 0 aromatic heterocycles. The van der Waals surface area contributed by atoms with E-state index in [2.05, 4.69) is 22.5 Å². The van der Waals surface area contributed by atoms with Crippen LogP contribution in [0.15, 0.2) is 61.2 Å². The van der Waals surface area contributed by atoms with Crippen molar-refractivity contribution < 1.29 is 9.59 Å². The summed E-state index contributed by atoms with van der Waals surface area (Å²) in [5, 5.41) is 16.8. The van der Waals surface area contributed by atoms with E-state index in [0.29, 0.717) is 29.0 Å². The molecule has 0 saturated carbocycles. The average molecular weight is 320 g/mol. The first kappa shape index (κ1) is 16.8. The number of anilines is 2. The molecule has 0 unspecified atom stereocenters. The molecule has 6 nitrogen and oxygen atoms in total. The van der Waals surface area contributed by atoms with Gasteiger partial charge in [0.15, 0.2) is 0 Å². The number of rotatable bonds is 5. The van der Waals surface area contributed by atoms with Crippen molar-refractivity contribution in [2.75, 3.05) is 17.2 Å². The molecule has 2 rings (SSSR count). The number of hydrogen-bond acceptors (Lipinski definition) is 3. The number of carbonyl (C=O) groups is 2. The van der Waals surface area contributed by atoms with Crippen LogP contribution in [0.25, 0.3) is 0 Å². The van der Waals surface area contributed by atoms with Crippen molar-refractivity contribution in [2.45, 2.75) is 0 Å². The first-order valence-corrected chi connectivity index (χ1v) is 7.19. The van der Waals surface area contributed by atoms with Crippen molar-refractivity contribution in [3.05, 3.63) is 72.3 Å². The molecule has 0 heterocycles. The zero-order valence-corrected chi connectivity index (χ0v) is 12.9. The quantitative estimate of drug-likeness (QED) is 0.739. The largest absolute Gasteiger partial charge is 0.334 e. The molecule has 0 aliphatic heterocycles. The van der Waals surface area contributed by atoms with E-state index in [0.717, 1.165) is 0 Å². The minimum absolute atomic E-state index is 0.333. The van der Waals surface area contributed by atoms with Crippen molar-refractivity contribution in [1.29, 1.82) is 5.26 Å². The second-order valence-corrected chi connectivity index (χ2v) is 4.85. The number of nitriles is 1. The van der Waals surface area contributed by atoms with Gasteiger partial charge in [0.05, 0.1) is 11.6 Å². The molecule has 3 amide bonds. The highest BCUT2D eigenvalue weighted by Crippen LogP contribution is 2.14. The molecule has 2 aromatic carbocycles. The molecule has 120 valence electrons. The third-order valence-corrected chi connectivity index (χ3v) is 3.04. The summed E-state index contributed by atoms with van der Waals surface area (Å²) in [5.74, 6) is -0.333. The molecule has 0 radical (unpaired) electrons. The molecule has 0 atom stereocenters. The fourth-order valence-corrected chi connectivity index (χ4v) is 1.95. The van der Waals surface area contributed by atoms with E-state index >= 15 is 0 Å². The number of hydrogen-bond donors (Lipinski definition) is 3. The second kappa shape index (κ2) is 8.15. The maximum absolute atomic E-state index is 12.3. The Hall–Kier alpha value is -3.59. The monoisotopic (exact) mass is 320 g/mol. The second-order valence-electron chi connectivity index (χ2n) is 4.85. The van der Waals surface area contributed by atoms with E-state index in [1.807, 2.05) is 6.07 Å². The van der Waals surface area contributed by atoms with Crippen LogP contribution in [0.3, 0.4) is 0 Å². The van der Waals surface area contributed by atoms with E-state index in [1.165, 1.54) is 0 Å². The van der Waals surface area contributed by atoms with Crippen molar-refractivity contribution in [3.8, 4) is 6.07 Å². The molecule has 0 spiro atoms. The Morgan fingerprint density at radius 3 is 2.50 bits per heavy atom. The Morgan fingerprint density at radius 1 is 1.08 bits per heavy atom. The van der Waals surface area contributed by atoms with Crippen molar-refractivity contribution in [1.82, 2.24) is 5.32 Å². The molecule has 2 aromatic rings. The van der Waals surface area contributed by atoms with Gasteiger partial charge >= 0.3 is 6.03 Å². The fraction of sp³-hybridized carbons (Fsp3) is 0.0556. The SMILES string of the molecule is C=CCNC(=O)Nc1cccc(C(=O)Nc2cccc(C#N)c2)c1. The van der Waals surface area contributed by atoms with E-state index in [9.17, 15) is 9.59 Å². The predicted molar refractivity (Wildman–Crippen MR) is 92.8 cm³/mol.